The van der Waals surface area contributed by atoms with Crippen LogP contribution >= 0.6 is 0 Å². The number of hydrogen-bond donors (Lipinski definition) is 1. The van der Waals surface area contributed by atoms with Crippen LogP contribution in [0.15, 0.2) is 36.4 Å². The molecule has 7 heteroatoms. The molecule has 1 amide bonds. The van der Waals surface area contributed by atoms with Crippen molar-refractivity contribution in [2.24, 2.45) is 5.92 Å². The van der Waals surface area contributed by atoms with Crippen LogP contribution in [-0.4, -0.2) is 41.1 Å². The molecule has 1 aromatic rings. The molecule has 4 nitrogen and oxygen atoms in total. The summed E-state index contributed by atoms with van der Waals surface area (Å²) in [6.07, 6.45) is -3.87. The minimum absolute atomic E-state index is 0.0649. The van der Waals surface area contributed by atoms with E-state index in [1.165, 1.54) is 24.3 Å². The summed E-state index contributed by atoms with van der Waals surface area (Å²) in [6, 6.07) is 7.04. The molecule has 1 aliphatic heterocycles. The molecule has 0 aliphatic carbocycles. The number of carbonyl (C=O) groups is 2. The van der Waals surface area contributed by atoms with Gasteiger partial charge in [-0.2, -0.15) is 13.2 Å². The fourth-order valence-electron chi connectivity index (χ4n) is 2.32. The maximum absolute atomic E-state index is 13.1. The average Bonchev–Trinajstić information content (AvgIpc) is 2.94. The molecule has 1 fully saturated rings. The fraction of sp³-hybridized carbons (Fsp3) is 0.333. The standard InChI is InChI=1S/C15H14F3NO3/c16-15(17,18)12(10-4-2-1-3-5-10)8-13(20)19-7-6-11(9-19)14(21)22/h1-5,8,11H,6-7,9H2,(H,21,22)/b12-8-. The van der Waals surface area contributed by atoms with E-state index in [1.54, 1.807) is 6.07 Å². The van der Waals surface area contributed by atoms with Gasteiger partial charge in [0, 0.05) is 19.2 Å². The molecule has 1 atom stereocenters. The molecule has 0 bridgehead atoms. The number of allylic oxidation sites excluding steroid dienone is 1. The Bertz CT molecular complexity index is 596. The summed E-state index contributed by atoms with van der Waals surface area (Å²) in [6.45, 7) is 0.0802. The van der Waals surface area contributed by atoms with Gasteiger partial charge in [-0.15, -0.1) is 0 Å². The first-order valence-corrected chi connectivity index (χ1v) is 6.65. The second kappa shape index (κ2) is 6.21. The van der Waals surface area contributed by atoms with Gasteiger partial charge >= 0.3 is 12.1 Å². The van der Waals surface area contributed by atoms with E-state index in [-0.39, 0.29) is 25.1 Å². The Morgan fingerprint density at radius 1 is 1.23 bits per heavy atom. The van der Waals surface area contributed by atoms with Gasteiger partial charge in [0.1, 0.15) is 0 Å². The number of benzene rings is 1. The molecule has 1 aromatic carbocycles. The molecule has 1 saturated heterocycles. The number of alkyl halides is 3. The zero-order chi connectivity index (χ0) is 16.3. The van der Waals surface area contributed by atoms with Gasteiger partial charge in [0.05, 0.1) is 11.5 Å². The second-order valence-corrected chi connectivity index (χ2v) is 5.03. The minimum atomic E-state index is -4.66. The van der Waals surface area contributed by atoms with E-state index in [0.717, 1.165) is 4.90 Å². The molecule has 0 aromatic heterocycles. The topological polar surface area (TPSA) is 57.6 Å². The molecule has 118 valence electrons. The lowest BCUT2D eigenvalue weighted by Gasteiger charge is -2.16. The molecule has 1 aliphatic rings. The number of likely N-dealkylation sites (tertiary alicyclic amines) is 1. The molecule has 1 heterocycles. The number of carboxylic acids is 1. The Morgan fingerprint density at radius 2 is 1.86 bits per heavy atom. The Morgan fingerprint density at radius 3 is 2.36 bits per heavy atom. The lowest BCUT2D eigenvalue weighted by Crippen LogP contribution is -2.29. The molecule has 0 spiro atoms. The fourth-order valence-corrected chi connectivity index (χ4v) is 2.32. The van der Waals surface area contributed by atoms with Gasteiger partial charge < -0.3 is 10.0 Å². The summed E-state index contributed by atoms with van der Waals surface area (Å²) in [4.78, 5) is 24.0. The first-order chi connectivity index (χ1) is 10.3. The molecule has 1 N–H and O–H groups in total. The second-order valence-electron chi connectivity index (χ2n) is 5.03. The molecule has 0 saturated carbocycles. The SMILES string of the molecule is O=C(O)C1CCN(C(=O)/C=C(/c2ccccc2)C(F)(F)F)C1. The summed E-state index contributed by atoms with van der Waals surface area (Å²) in [7, 11) is 0. The third kappa shape index (κ3) is 3.66. The quantitative estimate of drug-likeness (QED) is 0.873. The summed E-state index contributed by atoms with van der Waals surface area (Å²) in [5, 5.41) is 8.87. The maximum atomic E-state index is 13.1. The van der Waals surface area contributed by atoms with Crippen molar-refractivity contribution in [3.63, 3.8) is 0 Å². The zero-order valence-electron chi connectivity index (χ0n) is 11.5. The molecule has 22 heavy (non-hydrogen) atoms. The van der Waals surface area contributed by atoms with Gasteiger partial charge in [-0.25, -0.2) is 0 Å². The van der Waals surface area contributed by atoms with Crippen LogP contribution in [0.2, 0.25) is 0 Å². The van der Waals surface area contributed by atoms with Crippen LogP contribution in [0.4, 0.5) is 13.2 Å². The number of nitrogens with zero attached hydrogens (tertiary/aromatic N) is 1. The van der Waals surface area contributed by atoms with E-state index < -0.39 is 29.5 Å². The highest BCUT2D eigenvalue weighted by atomic mass is 19.4. The summed E-state index contributed by atoms with van der Waals surface area (Å²) < 4.78 is 39.4. The monoisotopic (exact) mass is 313 g/mol. The van der Waals surface area contributed by atoms with Crippen LogP contribution in [0, 0.1) is 5.92 Å². The first kappa shape index (κ1) is 16.1. The number of rotatable bonds is 3. The highest BCUT2D eigenvalue weighted by Crippen LogP contribution is 2.34. The number of carbonyl (C=O) groups excluding carboxylic acids is 1. The minimum Gasteiger partial charge on any atom is -0.481 e. The van der Waals surface area contributed by atoms with Crippen molar-refractivity contribution in [1.82, 2.24) is 4.90 Å². The van der Waals surface area contributed by atoms with Crippen molar-refractivity contribution < 1.29 is 27.9 Å². The summed E-state index contributed by atoms with van der Waals surface area (Å²) in [5.41, 5.74) is -1.13. The average molecular weight is 313 g/mol. The smallest absolute Gasteiger partial charge is 0.417 e. The highest BCUT2D eigenvalue weighted by Gasteiger charge is 2.37. The Labute approximate surface area is 124 Å². The lowest BCUT2D eigenvalue weighted by atomic mass is 10.0. The largest absolute Gasteiger partial charge is 0.481 e. The van der Waals surface area contributed by atoms with Crippen LogP contribution in [0.3, 0.4) is 0 Å². The summed E-state index contributed by atoms with van der Waals surface area (Å²) >= 11 is 0. The molecular weight excluding hydrogens is 299 g/mol. The van der Waals surface area contributed by atoms with Gasteiger partial charge in [0.2, 0.25) is 5.91 Å². The zero-order valence-corrected chi connectivity index (χ0v) is 11.5. The van der Waals surface area contributed by atoms with E-state index in [9.17, 15) is 22.8 Å². The number of aliphatic carboxylic acids is 1. The van der Waals surface area contributed by atoms with Crippen LogP contribution in [0.1, 0.15) is 12.0 Å². The first-order valence-electron chi connectivity index (χ1n) is 6.65. The van der Waals surface area contributed by atoms with E-state index in [4.69, 9.17) is 5.11 Å². The van der Waals surface area contributed by atoms with Gasteiger partial charge in [-0.1, -0.05) is 30.3 Å². The highest BCUT2D eigenvalue weighted by molar-refractivity contribution is 5.96. The molecular formula is C15H14F3NO3. The van der Waals surface area contributed by atoms with Crippen molar-refractivity contribution in [3.8, 4) is 0 Å². The number of hydrogen-bond acceptors (Lipinski definition) is 2. The van der Waals surface area contributed by atoms with Crippen LogP contribution in [0.5, 0.6) is 0 Å². The van der Waals surface area contributed by atoms with Gasteiger partial charge in [0.25, 0.3) is 0 Å². The third-order valence-corrected chi connectivity index (χ3v) is 3.51. The van der Waals surface area contributed by atoms with Crippen molar-refractivity contribution in [2.75, 3.05) is 13.1 Å². The van der Waals surface area contributed by atoms with E-state index in [0.29, 0.717) is 6.08 Å². The summed E-state index contributed by atoms with van der Waals surface area (Å²) in [5.74, 6) is -2.58. The van der Waals surface area contributed by atoms with E-state index >= 15 is 0 Å². The van der Waals surface area contributed by atoms with Crippen molar-refractivity contribution in [3.05, 3.63) is 42.0 Å². The third-order valence-electron chi connectivity index (χ3n) is 3.51. The Kier molecular flexibility index (Phi) is 4.54. The van der Waals surface area contributed by atoms with Gasteiger partial charge in [-0.3, -0.25) is 9.59 Å². The predicted octanol–water partition coefficient (Wildman–Crippen LogP) is 2.57. The predicted molar refractivity (Wildman–Crippen MR) is 72.8 cm³/mol. The van der Waals surface area contributed by atoms with Gasteiger partial charge in [-0.05, 0) is 12.0 Å². The number of halogens is 3. The van der Waals surface area contributed by atoms with Crippen LogP contribution in [0.25, 0.3) is 5.57 Å². The van der Waals surface area contributed by atoms with Crippen molar-refractivity contribution in [1.29, 1.82) is 0 Å². The Balaban J connectivity index is 2.24. The van der Waals surface area contributed by atoms with Gasteiger partial charge in [0.15, 0.2) is 0 Å². The number of amides is 1. The Hall–Kier alpha value is -2.31. The van der Waals surface area contributed by atoms with E-state index in [2.05, 4.69) is 0 Å². The van der Waals surface area contributed by atoms with Crippen molar-refractivity contribution >= 4 is 17.4 Å². The molecule has 2 rings (SSSR count). The van der Waals surface area contributed by atoms with Crippen molar-refractivity contribution in [2.45, 2.75) is 12.6 Å². The van der Waals surface area contributed by atoms with E-state index in [1.807, 2.05) is 0 Å². The number of carboxylic acid groups (broad SMARTS) is 1. The lowest BCUT2D eigenvalue weighted by molar-refractivity contribution is -0.141. The normalized spacial score (nSPS) is 19.3. The van der Waals surface area contributed by atoms with Crippen LogP contribution < -0.4 is 0 Å². The molecule has 0 radical (unpaired) electrons. The maximum Gasteiger partial charge on any atom is 0.417 e. The molecule has 1 unspecified atom stereocenters. The van der Waals surface area contributed by atoms with Crippen LogP contribution in [-0.2, 0) is 9.59 Å².